The Bertz CT molecular complexity index is 340. The van der Waals surface area contributed by atoms with Crippen LogP contribution in [-0.4, -0.2) is 17.8 Å². The number of thiophene rings is 1. The van der Waals surface area contributed by atoms with E-state index >= 15 is 0 Å². The molecule has 1 atom stereocenters. The Balaban J connectivity index is 2.62. The molecule has 2 nitrogen and oxygen atoms in total. The summed E-state index contributed by atoms with van der Waals surface area (Å²) < 4.78 is 0.958. The second-order valence-corrected chi connectivity index (χ2v) is 6.22. The summed E-state index contributed by atoms with van der Waals surface area (Å²) in [5.74, 6) is 0.721. The van der Waals surface area contributed by atoms with E-state index in [1.807, 2.05) is 25.3 Å². The molecule has 84 valence electrons. The van der Waals surface area contributed by atoms with E-state index in [1.165, 1.54) is 11.3 Å². The molecule has 5 heteroatoms. The molecule has 1 heterocycles. The third-order valence-electron chi connectivity index (χ3n) is 2.12. The Hall–Kier alpha value is -0.0600. The maximum Gasteiger partial charge on any atom is 0.252 e. The summed E-state index contributed by atoms with van der Waals surface area (Å²) in [6.07, 6.45) is 0. The lowest BCUT2D eigenvalue weighted by Gasteiger charge is -2.19. The highest BCUT2D eigenvalue weighted by Gasteiger charge is 2.16. The molecule has 1 N–H and O–H groups in total. The standard InChI is InChI=1S/C10H13BrClNOS/c1-6(2)8(4-12)13-10(14)7-3-9(11)15-5-7/h3,5-6,8H,4H2,1-2H3,(H,13,14). The van der Waals surface area contributed by atoms with Gasteiger partial charge in [-0.05, 0) is 27.9 Å². The number of carbonyl (C=O) groups excluding carboxylic acids is 1. The summed E-state index contributed by atoms with van der Waals surface area (Å²) in [5, 5.41) is 4.74. The number of hydrogen-bond acceptors (Lipinski definition) is 2. The first kappa shape index (κ1) is 13.0. The van der Waals surface area contributed by atoms with Crippen molar-refractivity contribution in [2.75, 3.05) is 5.88 Å². The molecule has 15 heavy (non-hydrogen) atoms. The van der Waals surface area contributed by atoms with E-state index in [-0.39, 0.29) is 11.9 Å². The first-order valence-corrected chi connectivity index (χ1v) is 6.86. The molecular weight excluding hydrogens is 298 g/mol. The molecule has 1 unspecified atom stereocenters. The van der Waals surface area contributed by atoms with Gasteiger partial charge in [0.05, 0.1) is 9.35 Å². The third kappa shape index (κ3) is 3.78. The van der Waals surface area contributed by atoms with Crippen molar-refractivity contribution in [1.82, 2.24) is 5.32 Å². The van der Waals surface area contributed by atoms with E-state index in [9.17, 15) is 4.79 Å². The first-order chi connectivity index (χ1) is 7.04. The van der Waals surface area contributed by atoms with Crippen LogP contribution < -0.4 is 5.32 Å². The maximum atomic E-state index is 11.7. The fourth-order valence-electron chi connectivity index (χ4n) is 1.06. The topological polar surface area (TPSA) is 29.1 Å². The fourth-order valence-corrected chi connectivity index (χ4v) is 2.63. The highest BCUT2D eigenvalue weighted by atomic mass is 79.9. The van der Waals surface area contributed by atoms with Gasteiger partial charge in [0.25, 0.3) is 5.91 Å². The van der Waals surface area contributed by atoms with Crippen LogP contribution in [0.15, 0.2) is 15.2 Å². The molecule has 0 saturated heterocycles. The zero-order valence-corrected chi connectivity index (χ0v) is 11.7. The van der Waals surface area contributed by atoms with Crippen LogP contribution in [0.3, 0.4) is 0 Å². The Morgan fingerprint density at radius 2 is 2.33 bits per heavy atom. The summed E-state index contributed by atoms with van der Waals surface area (Å²) in [5.41, 5.74) is 0.683. The second-order valence-electron chi connectivity index (χ2n) is 3.62. The van der Waals surface area contributed by atoms with Gasteiger partial charge in [-0.1, -0.05) is 13.8 Å². The molecule has 0 aliphatic carbocycles. The minimum absolute atomic E-state index is 0.0258. The molecule has 0 aliphatic rings. The Labute approximate surface area is 107 Å². The summed E-state index contributed by atoms with van der Waals surface area (Å²) in [6, 6.07) is 1.84. The Morgan fingerprint density at radius 1 is 1.67 bits per heavy atom. The van der Waals surface area contributed by atoms with E-state index in [4.69, 9.17) is 11.6 Å². The largest absolute Gasteiger partial charge is 0.348 e. The molecule has 0 bridgehead atoms. The zero-order chi connectivity index (χ0) is 11.4. The quantitative estimate of drug-likeness (QED) is 0.847. The molecule has 0 radical (unpaired) electrons. The van der Waals surface area contributed by atoms with E-state index < -0.39 is 0 Å². The SMILES string of the molecule is CC(C)C(CCl)NC(=O)c1csc(Br)c1. The van der Waals surface area contributed by atoms with Gasteiger partial charge in [0.15, 0.2) is 0 Å². The predicted molar refractivity (Wildman–Crippen MR) is 68.8 cm³/mol. The van der Waals surface area contributed by atoms with Gasteiger partial charge < -0.3 is 5.32 Å². The van der Waals surface area contributed by atoms with Gasteiger partial charge >= 0.3 is 0 Å². The summed E-state index contributed by atoms with van der Waals surface area (Å²) in [4.78, 5) is 11.7. The van der Waals surface area contributed by atoms with Crippen LogP contribution in [0.4, 0.5) is 0 Å². The lowest BCUT2D eigenvalue weighted by molar-refractivity contribution is 0.0931. The average molecular weight is 311 g/mol. The van der Waals surface area contributed by atoms with Crippen LogP contribution >= 0.6 is 38.9 Å². The second kappa shape index (κ2) is 5.87. The van der Waals surface area contributed by atoms with Gasteiger partial charge in [-0.3, -0.25) is 4.79 Å². The van der Waals surface area contributed by atoms with Gasteiger partial charge in [0, 0.05) is 17.3 Å². The number of nitrogens with one attached hydrogen (secondary N) is 1. The van der Waals surface area contributed by atoms with Crippen molar-refractivity contribution in [2.24, 2.45) is 5.92 Å². The zero-order valence-electron chi connectivity index (χ0n) is 8.59. The third-order valence-corrected chi connectivity index (χ3v) is 3.95. The molecule has 0 saturated carbocycles. The van der Waals surface area contributed by atoms with Crippen molar-refractivity contribution in [3.05, 3.63) is 20.8 Å². The number of carbonyl (C=O) groups is 1. The maximum absolute atomic E-state index is 11.7. The summed E-state index contributed by atoms with van der Waals surface area (Å²) in [6.45, 7) is 4.08. The minimum atomic E-state index is -0.0590. The molecule has 1 aromatic rings. The van der Waals surface area contributed by atoms with Crippen molar-refractivity contribution in [1.29, 1.82) is 0 Å². The van der Waals surface area contributed by atoms with Crippen molar-refractivity contribution >= 4 is 44.8 Å². The van der Waals surface area contributed by atoms with Crippen LogP contribution in [0.2, 0.25) is 0 Å². The first-order valence-electron chi connectivity index (χ1n) is 4.65. The molecule has 1 rings (SSSR count). The minimum Gasteiger partial charge on any atom is -0.348 e. The van der Waals surface area contributed by atoms with Gasteiger partial charge in [-0.25, -0.2) is 0 Å². The predicted octanol–water partition coefficient (Wildman–Crippen LogP) is 3.50. The molecule has 0 aromatic carbocycles. The molecule has 1 amide bonds. The fraction of sp³-hybridized carbons (Fsp3) is 0.500. The molecule has 0 spiro atoms. The van der Waals surface area contributed by atoms with Gasteiger partial charge in [0.2, 0.25) is 0 Å². The molecule has 1 aromatic heterocycles. The van der Waals surface area contributed by atoms with Crippen molar-refractivity contribution in [3.63, 3.8) is 0 Å². The van der Waals surface area contributed by atoms with E-state index in [0.29, 0.717) is 17.4 Å². The monoisotopic (exact) mass is 309 g/mol. The highest BCUT2D eigenvalue weighted by molar-refractivity contribution is 9.11. The van der Waals surface area contributed by atoms with Crippen molar-refractivity contribution in [2.45, 2.75) is 19.9 Å². The summed E-state index contributed by atoms with van der Waals surface area (Å²) in [7, 11) is 0. The normalized spacial score (nSPS) is 12.9. The Morgan fingerprint density at radius 3 is 2.73 bits per heavy atom. The lowest BCUT2D eigenvalue weighted by atomic mass is 10.1. The number of amides is 1. The molecule has 0 aliphatic heterocycles. The van der Waals surface area contributed by atoms with Crippen LogP contribution in [-0.2, 0) is 0 Å². The van der Waals surface area contributed by atoms with Crippen LogP contribution in [0.25, 0.3) is 0 Å². The molecular formula is C10H13BrClNOS. The van der Waals surface area contributed by atoms with Gasteiger partial charge in [-0.2, -0.15) is 0 Å². The number of hydrogen-bond donors (Lipinski definition) is 1. The number of halogens is 2. The average Bonchev–Trinajstić information content (AvgIpc) is 2.60. The van der Waals surface area contributed by atoms with Crippen molar-refractivity contribution in [3.8, 4) is 0 Å². The highest BCUT2D eigenvalue weighted by Crippen LogP contribution is 2.20. The lowest BCUT2D eigenvalue weighted by Crippen LogP contribution is -2.39. The van der Waals surface area contributed by atoms with E-state index in [0.717, 1.165) is 3.79 Å². The van der Waals surface area contributed by atoms with Crippen LogP contribution in [0.5, 0.6) is 0 Å². The van der Waals surface area contributed by atoms with Gasteiger partial charge in [-0.15, -0.1) is 22.9 Å². The van der Waals surface area contributed by atoms with Crippen LogP contribution in [0.1, 0.15) is 24.2 Å². The van der Waals surface area contributed by atoms with E-state index in [1.54, 1.807) is 0 Å². The Kier molecular flexibility index (Phi) is 5.09. The number of alkyl halides is 1. The van der Waals surface area contributed by atoms with E-state index in [2.05, 4.69) is 21.2 Å². The summed E-state index contributed by atoms with van der Waals surface area (Å²) >= 11 is 10.6. The van der Waals surface area contributed by atoms with Crippen LogP contribution in [0, 0.1) is 5.92 Å². The number of rotatable bonds is 4. The van der Waals surface area contributed by atoms with Crippen molar-refractivity contribution < 1.29 is 4.79 Å². The molecule has 0 fully saturated rings. The van der Waals surface area contributed by atoms with Gasteiger partial charge in [0.1, 0.15) is 0 Å². The smallest absolute Gasteiger partial charge is 0.252 e.